The molecule has 0 saturated heterocycles. The van der Waals surface area contributed by atoms with Crippen LogP contribution in [-0.2, 0) is 0 Å². The SMILES string of the molecule is c1ccc2c(c1)c1ccccc1n2-c1ccc2c(c1)c1cc(-n3c4ccccc4c4ccccc43)ccc1n2-c1ccc2c(c1)oc1nccnc12. The molecule has 6 nitrogen and oxygen atoms in total. The first-order valence-electron chi connectivity index (χ1n) is 17.5. The first kappa shape index (κ1) is 27.6. The van der Waals surface area contributed by atoms with Crippen molar-refractivity contribution in [1.29, 1.82) is 0 Å². The number of fused-ring (bicyclic) bond motifs is 12. The van der Waals surface area contributed by atoms with Crippen LogP contribution in [0.3, 0.4) is 0 Å². The van der Waals surface area contributed by atoms with Gasteiger partial charge in [-0.2, -0.15) is 0 Å². The van der Waals surface area contributed by atoms with Gasteiger partial charge in [-0.05, 0) is 72.8 Å². The van der Waals surface area contributed by atoms with Crippen LogP contribution in [0.2, 0.25) is 0 Å². The summed E-state index contributed by atoms with van der Waals surface area (Å²) in [5.41, 5.74) is 12.3. The van der Waals surface area contributed by atoms with Gasteiger partial charge in [0.1, 0.15) is 11.1 Å². The maximum Gasteiger partial charge on any atom is 0.246 e. The number of furan rings is 1. The van der Waals surface area contributed by atoms with Gasteiger partial charge in [0.15, 0.2) is 0 Å². The second-order valence-corrected chi connectivity index (χ2v) is 13.5. The van der Waals surface area contributed by atoms with Crippen molar-refractivity contribution in [3.05, 3.63) is 164 Å². The molecule has 12 aromatic rings. The van der Waals surface area contributed by atoms with E-state index in [2.05, 4.69) is 175 Å². The van der Waals surface area contributed by atoms with Crippen LogP contribution in [0.5, 0.6) is 0 Å². The molecule has 0 fully saturated rings. The van der Waals surface area contributed by atoms with Crippen molar-refractivity contribution >= 4 is 87.6 Å². The molecule has 0 bridgehead atoms. The smallest absolute Gasteiger partial charge is 0.246 e. The van der Waals surface area contributed by atoms with Gasteiger partial charge in [-0.25, -0.2) is 9.97 Å². The van der Waals surface area contributed by atoms with E-state index in [1.165, 1.54) is 54.4 Å². The van der Waals surface area contributed by atoms with Crippen LogP contribution in [0.1, 0.15) is 0 Å². The summed E-state index contributed by atoms with van der Waals surface area (Å²) in [5, 5.41) is 8.29. The van der Waals surface area contributed by atoms with E-state index in [0.717, 1.165) is 44.6 Å². The summed E-state index contributed by atoms with van der Waals surface area (Å²) in [4.78, 5) is 8.97. The molecule has 7 aromatic carbocycles. The highest BCUT2D eigenvalue weighted by Crippen LogP contribution is 2.40. The molecule has 0 saturated carbocycles. The molecule has 0 radical (unpaired) electrons. The van der Waals surface area contributed by atoms with Gasteiger partial charge in [0.25, 0.3) is 0 Å². The highest BCUT2D eigenvalue weighted by atomic mass is 16.3. The molecule has 0 amide bonds. The highest BCUT2D eigenvalue weighted by molar-refractivity contribution is 6.14. The Balaban J connectivity index is 1.17. The van der Waals surface area contributed by atoms with Crippen molar-refractivity contribution in [2.45, 2.75) is 0 Å². The molecule has 0 aliphatic heterocycles. The van der Waals surface area contributed by atoms with Crippen LogP contribution in [0, 0.1) is 0 Å². The third-order valence-corrected chi connectivity index (χ3v) is 10.8. The molecule has 5 aromatic heterocycles. The Morgan fingerprint density at radius 1 is 0.346 bits per heavy atom. The number of para-hydroxylation sites is 4. The Morgan fingerprint density at radius 2 is 0.750 bits per heavy atom. The Labute approximate surface area is 296 Å². The van der Waals surface area contributed by atoms with E-state index in [1.807, 2.05) is 0 Å². The fraction of sp³-hybridized carbons (Fsp3) is 0. The number of nitrogens with zero attached hydrogens (tertiary/aromatic N) is 5. The predicted molar refractivity (Wildman–Crippen MR) is 212 cm³/mol. The largest absolute Gasteiger partial charge is 0.436 e. The summed E-state index contributed by atoms with van der Waals surface area (Å²) >= 11 is 0. The van der Waals surface area contributed by atoms with E-state index in [0.29, 0.717) is 5.71 Å². The average Bonchev–Trinajstić information content (AvgIpc) is 3.93. The molecule has 6 heteroatoms. The van der Waals surface area contributed by atoms with E-state index < -0.39 is 0 Å². The van der Waals surface area contributed by atoms with E-state index >= 15 is 0 Å². The number of hydrogen-bond donors (Lipinski definition) is 0. The van der Waals surface area contributed by atoms with Gasteiger partial charge in [-0.3, -0.25) is 0 Å². The molecular weight excluding hydrogens is 639 g/mol. The molecule has 0 aliphatic rings. The van der Waals surface area contributed by atoms with Crippen LogP contribution in [0.4, 0.5) is 0 Å². The summed E-state index contributed by atoms with van der Waals surface area (Å²) < 4.78 is 13.4. The molecule has 0 aliphatic carbocycles. The molecule has 0 spiro atoms. The Morgan fingerprint density at radius 3 is 1.25 bits per heavy atom. The van der Waals surface area contributed by atoms with E-state index in [1.54, 1.807) is 12.4 Å². The van der Waals surface area contributed by atoms with Crippen molar-refractivity contribution in [3.8, 4) is 17.1 Å². The molecule has 0 atom stereocenters. The zero-order chi connectivity index (χ0) is 33.9. The van der Waals surface area contributed by atoms with Crippen LogP contribution < -0.4 is 0 Å². The summed E-state index contributed by atoms with van der Waals surface area (Å²) in [6, 6.07) is 54.8. The van der Waals surface area contributed by atoms with Gasteiger partial charge >= 0.3 is 0 Å². The van der Waals surface area contributed by atoms with E-state index in [9.17, 15) is 0 Å². The van der Waals surface area contributed by atoms with Crippen LogP contribution in [0.25, 0.3) is 105 Å². The van der Waals surface area contributed by atoms with Crippen molar-refractivity contribution in [2.75, 3.05) is 0 Å². The lowest BCUT2D eigenvalue weighted by Crippen LogP contribution is -1.96. The average molecular weight is 666 g/mol. The van der Waals surface area contributed by atoms with Crippen molar-refractivity contribution in [2.24, 2.45) is 0 Å². The van der Waals surface area contributed by atoms with Crippen LogP contribution in [-0.4, -0.2) is 23.7 Å². The van der Waals surface area contributed by atoms with Gasteiger partial charge in [-0.1, -0.05) is 72.8 Å². The lowest BCUT2D eigenvalue weighted by atomic mass is 10.1. The molecule has 242 valence electrons. The monoisotopic (exact) mass is 665 g/mol. The van der Waals surface area contributed by atoms with Gasteiger partial charge < -0.3 is 18.1 Å². The van der Waals surface area contributed by atoms with Gasteiger partial charge in [0.05, 0.1) is 33.1 Å². The third kappa shape index (κ3) is 3.67. The lowest BCUT2D eigenvalue weighted by molar-refractivity contribution is 0.652. The normalized spacial score (nSPS) is 12.2. The maximum atomic E-state index is 6.22. The fourth-order valence-corrected chi connectivity index (χ4v) is 8.58. The number of aromatic nitrogens is 5. The summed E-state index contributed by atoms with van der Waals surface area (Å²) in [5.74, 6) is 0. The molecular formula is C46H27N5O. The molecule has 5 heterocycles. The Kier molecular flexibility index (Phi) is 5.41. The Bertz CT molecular complexity index is 3150. The molecule has 0 unspecified atom stereocenters. The van der Waals surface area contributed by atoms with Crippen LogP contribution >= 0.6 is 0 Å². The maximum absolute atomic E-state index is 6.22. The molecule has 0 N–H and O–H groups in total. The van der Waals surface area contributed by atoms with E-state index in [4.69, 9.17) is 4.42 Å². The fourth-order valence-electron chi connectivity index (χ4n) is 8.58. The minimum Gasteiger partial charge on any atom is -0.436 e. The summed E-state index contributed by atoms with van der Waals surface area (Å²) in [6.07, 6.45) is 3.38. The lowest BCUT2D eigenvalue weighted by Gasteiger charge is -2.10. The minimum atomic E-state index is 0.545. The van der Waals surface area contributed by atoms with Crippen molar-refractivity contribution in [3.63, 3.8) is 0 Å². The first-order valence-corrected chi connectivity index (χ1v) is 17.5. The van der Waals surface area contributed by atoms with Crippen LogP contribution in [0.15, 0.2) is 168 Å². The number of rotatable bonds is 3. The standard InChI is InChI=1S/C46H27N5O/c1-5-13-38-31(9-1)32-10-2-6-14-39(32)49(38)28-18-21-42-36(25-28)37-26-29(50-40-15-7-3-11-33(40)34-12-4-8-16-41(34)50)19-22-43(37)51(42)30-17-20-35-44(27-30)52-46-45(35)47-23-24-48-46/h1-27H. The molecule has 52 heavy (non-hydrogen) atoms. The van der Waals surface area contributed by atoms with Gasteiger partial charge in [-0.15, -0.1) is 0 Å². The van der Waals surface area contributed by atoms with E-state index in [-0.39, 0.29) is 0 Å². The van der Waals surface area contributed by atoms with Gasteiger partial charge in [0.2, 0.25) is 5.71 Å². The topological polar surface area (TPSA) is 53.7 Å². The minimum absolute atomic E-state index is 0.545. The quantitative estimate of drug-likeness (QED) is 0.189. The van der Waals surface area contributed by atoms with Crippen molar-refractivity contribution in [1.82, 2.24) is 23.7 Å². The number of benzene rings is 7. The van der Waals surface area contributed by atoms with Gasteiger partial charge in [0, 0.05) is 73.2 Å². The third-order valence-electron chi connectivity index (χ3n) is 10.8. The zero-order valence-corrected chi connectivity index (χ0v) is 27.7. The Hall–Kier alpha value is -7.18. The molecule has 12 rings (SSSR count). The summed E-state index contributed by atoms with van der Waals surface area (Å²) in [7, 11) is 0. The van der Waals surface area contributed by atoms with Crippen molar-refractivity contribution < 1.29 is 4.42 Å². The second-order valence-electron chi connectivity index (χ2n) is 13.5. The highest BCUT2D eigenvalue weighted by Gasteiger charge is 2.20. The second kappa shape index (κ2) is 10.2. The summed E-state index contributed by atoms with van der Waals surface area (Å²) in [6.45, 7) is 0. The first-order chi connectivity index (χ1) is 25.8. The zero-order valence-electron chi connectivity index (χ0n) is 27.7. The number of hydrogen-bond acceptors (Lipinski definition) is 3. The predicted octanol–water partition coefficient (Wildman–Crippen LogP) is 11.7.